The second-order valence-electron chi connectivity index (χ2n) is 5.78. The molecule has 0 amide bonds. The van der Waals surface area contributed by atoms with Gasteiger partial charge in [-0.2, -0.15) is 5.10 Å². The monoisotopic (exact) mass is 315 g/mol. The highest BCUT2D eigenvalue weighted by atomic mass is 16.5. The second-order valence-corrected chi connectivity index (χ2v) is 5.78. The molecular weight excluding hydrogens is 294 g/mol. The number of aryl methyl sites for hydroxylation is 1. The fraction of sp³-hybridized carbons (Fsp3) is 0.412. The lowest BCUT2D eigenvalue weighted by atomic mass is 10.0. The molecule has 6 heteroatoms. The van der Waals surface area contributed by atoms with Gasteiger partial charge in [-0.1, -0.05) is 24.3 Å². The van der Waals surface area contributed by atoms with Crippen molar-refractivity contribution in [3.05, 3.63) is 41.7 Å². The van der Waals surface area contributed by atoms with Crippen LogP contribution in [0.15, 0.2) is 30.5 Å². The number of carboxylic acid groups (broad SMARTS) is 1. The van der Waals surface area contributed by atoms with Crippen LogP contribution in [0.3, 0.4) is 0 Å². The first-order valence-corrected chi connectivity index (χ1v) is 7.75. The van der Waals surface area contributed by atoms with Crippen molar-refractivity contribution >= 4 is 5.97 Å². The van der Waals surface area contributed by atoms with Crippen LogP contribution in [0.4, 0.5) is 0 Å². The first-order valence-electron chi connectivity index (χ1n) is 7.75. The van der Waals surface area contributed by atoms with Gasteiger partial charge in [-0.25, -0.2) is 4.79 Å². The molecule has 1 atom stereocenters. The van der Waals surface area contributed by atoms with Crippen molar-refractivity contribution in [3.63, 3.8) is 0 Å². The van der Waals surface area contributed by atoms with E-state index in [0.717, 1.165) is 31.9 Å². The van der Waals surface area contributed by atoms with Gasteiger partial charge in [0.15, 0.2) is 5.69 Å². The summed E-state index contributed by atoms with van der Waals surface area (Å²) in [5, 5.41) is 13.4. The van der Waals surface area contributed by atoms with Gasteiger partial charge in [-0.15, -0.1) is 0 Å². The van der Waals surface area contributed by atoms with Crippen LogP contribution >= 0.6 is 0 Å². The molecule has 6 nitrogen and oxygen atoms in total. The number of carbonyl (C=O) groups is 1. The molecule has 0 unspecified atom stereocenters. The Morgan fingerprint density at radius 1 is 1.26 bits per heavy atom. The molecule has 1 aromatic carbocycles. The Morgan fingerprint density at radius 2 is 1.91 bits per heavy atom. The summed E-state index contributed by atoms with van der Waals surface area (Å²) in [6.07, 6.45) is 1.60. The molecule has 0 radical (unpaired) electrons. The molecule has 1 saturated heterocycles. The fourth-order valence-electron chi connectivity index (χ4n) is 3.02. The van der Waals surface area contributed by atoms with E-state index in [1.807, 2.05) is 12.1 Å². The lowest BCUT2D eigenvalue weighted by Gasteiger charge is -2.32. The van der Waals surface area contributed by atoms with Crippen LogP contribution in [-0.4, -0.2) is 52.1 Å². The van der Waals surface area contributed by atoms with E-state index >= 15 is 0 Å². The van der Waals surface area contributed by atoms with E-state index < -0.39 is 5.97 Å². The third-order valence-electron chi connectivity index (χ3n) is 4.44. The van der Waals surface area contributed by atoms with Crippen molar-refractivity contribution in [2.45, 2.75) is 13.0 Å². The molecule has 1 aliphatic heterocycles. The van der Waals surface area contributed by atoms with Gasteiger partial charge in [-0.05, 0) is 18.1 Å². The Hall–Kier alpha value is -2.18. The zero-order chi connectivity index (χ0) is 16.4. The molecule has 122 valence electrons. The summed E-state index contributed by atoms with van der Waals surface area (Å²) >= 11 is 0. The van der Waals surface area contributed by atoms with Crippen LogP contribution in [0.1, 0.15) is 29.0 Å². The lowest BCUT2D eigenvalue weighted by molar-refractivity contribution is 0.0198. The minimum Gasteiger partial charge on any atom is -0.477 e. The quantitative estimate of drug-likeness (QED) is 0.936. The average molecular weight is 315 g/mol. The summed E-state index contributed by atoms with van der Waals surface area (Å²) in [6.45, 7) is 5.62. The molecule has 23 heavy (non-hydrogen) atoms. The summed E-state index contributed by atoms with van der Waals surface area (Å²) in [5.74, 6) is -0.967. The Bertz CT molecular complexity index is 688. The van der Waals surface area contributed by atoms with Crippen molar-refractivity contribution in [2.24, 2.45) is 7.05 Å². The molecular formula is C17H21N3O3. The highest BCUT2D eigenvalue weighted by molar-refractivity contribution is 5.94. The molecule has 1 aliphatic rings. The number of morpholine rings is 1. The lowest BCUT2D eigenvalue weighted by Crippen LogP contribution is -2.37. The molecule has 0 saturated carbocycles. The Labute approximate surface area is 135 Å². The first-order chi connectivity index (χ1) is 11.1. The minimum atomic E-state index is -0.967. The number of aromatic nitrogens is 2. The number of ether oxygens (including phenoxy) is 1. The number of aromatic carboxylic acids is 1. The number of hydrogen-bond donors (Lipinski definition) is 1. The van der Waals surface area contributed by atoms with Gasteiger partial charge in [0, 0.05) is 31.7 Å². The smallest absolute Gasteiger partial charge is 0.354 e. The summed E-state index contributed by atoms with van der Waals surface area (Å²) in [7, 11) is 1.64. The van der Waals surface area contributed by atoms with E-state index in [9.17, 15) is 9.90 Å². The standard InChI is InChI=1S/C17H21N3O3/c1-12(20-7-9-23-10-8-20)13-3-5-14(6-4-13)15-11-18-19(2)16(15)17(21)22/h3-6,11-12H,7-10H2,1-2H3,(H,21,22)/t12-/m0/s1. The highest BCUT2D eigenvalue weighted by Crippen LogP contribution is 2.27. The summed E-state index contributed by atoms with van der Waals surface area (Å²) in [5.41, 5.74) is 2.94. The van der Waals surface area contributed by atoms with Gasteiger partial charge < -0.3 is 9.84 Å². The van der Waals surface area contributed by atoms with E-state index in [-0.39, 0.29) is 5.69 Å². The van der Waals surface area contributed by atoms with Gasteiger partial charge in [0.1, 0.15) is 0 Å². The zero-order valence-corrected chi connectivity index (χ0v) is 13.4. The van der Waals surface area contributed by atoms with Crippen molar-refractivity contribution in [1.82, 2.24) is 14.7 Å². The number of nitrogens with zero attached hydrogens (tertiary/aromatic N) is 3. The van der Waals surface area contributed by atoms with E-state index in [1.165, 1.54) is 10.2 Å². The van der Waals surface area contributed by atoms with E-state index in [0.29, 0.717) is 11.6 Å². The third kappa shape index (κ3) is 3.13. The molecule has 1 N–H and O–H groups in total. The van der Waals surface area contributed by atoms with Crippen LogP contribution in [0, 0.1) is 0 Å². The third-order valence-corrected chi connectivity index (χ3v) is 4.44. The second kappa shape index (κ2) is 6.52. The Kier molecular flexibility index (Phi) is 4.45. The Balaban J connectivity index is 1.83. The summed E-state index contributed by atoms with van der Waals surface area (Å²) in [6, 6.07) is 8.38. The fourth-order valence-corrected chi connectivity index (χ4v) is 3.02. The predicted octanol–water partition coefficient (Wildman–Crippen LogP) is 2.18. The van der Waals surface area contributed by atoms with E-state index in [2.05, 4.69) is 29.1 Å². The number of carboxylic acids is 1. The van der Waals surface area contributed by atoms with Gasteiger partial charge in [0.25, 0.3) is 0 Å². The van der Waals surface area contributed by atoms with Gasteiger partial charge in [0.05, 0.1) is 19.4 Å². The maximum absolute atomic E-state index is 11.4. The summed E-state index contributed by atoms with van der Waals surface area (Å²) < 4.78 is 6.78. The molecule has 0 spiro atoms. The largest absolute Gasteiger partial charge is 0.477 e. The van der Waals surface area contributed by atoms with Gasteiger partial charge in [0.2, 0.25) is 0 Å². The van der Waals surface area contributed by atoms with Crippen molar-refractivity contribution in [2.75, 3.05) is 26.3 Å². The van der Waals surface area contributed by atoms with Crippen LogP contribution in [0.2, 0.25) is 0 Å². The predicted molar refractivity (Wildman–Crippen MR) is 86.4 cm³/mol. The summed E-state index contributed by atoms with van der Waals surface area (Å²) in [4.78, 5) is 13.8. The van der Waals surface area contributed by atoms with Crippen LogP contribution in [0.25, 0.3) is 11.1 Å². The zero-order valence-electron chi connectivity index (χ0n) is 13.4. The average Bonchev–Trinajstić information content (AvgIpc) is 2.97. The number of benzene rings is 1. The molecule has 0 bridgehead atoms. The number of rotatable bonds is 4. The maximum Gasteiger partial charge on any atom is 0.354 e. The molecule has 3 rings (SSSR count). The Morgan fingerprint density at radius 3 is 2.52 bits per heavy atom. The maximum atomic E-state index is 11.4. The van der Waals surface area contributed by atoms with Gasteiger partial charge in [-0.3, -0.25) is 9.58 Å². The molecule has 1 aromatic heterocycles. The van der Waals surface area contributed by atoms with Crippen molar-refractivity contribution in [3.8, 4) is 11.1 Å². The number of hydrogen-bond acceptors (Lipinski definition) is 4. The van der Waals surface area contributed by atoms with E-state index in [1.54, 1.807) is 13.2 Å². The minimum absolute atomic E-state index is 0.207. The van der Waals surface area contributed by atoms with Crippen LogP contribution in [0.5, 0.6) is 0 Å². The highest BCUT2D eigenvalue weighted by Gasteiger charge is 2.20. The van der Waals surface area contributed by atoms with Crippen LogP contribution in [-0.2, 0) is 11.8 Å². The molecule has 1 fully saturated rings. The topological polar surface area (TPSA) is 67.6 Å². The molecule has 2 aromatic rings. The van der Waals surface area contributed by atoms with Crippen molar-refractivity contribution in [1.29, 1.82) is 0 Å². The van der Waals surface area contributed by atoms with Crippen molar-refractivity contribution < 1.29 is 14.6 Å². The first kappa shape index (κ1) is 15.7. The molecule has 0 aliphatic carbocycles. The normalized spacial score (nSPS) is 17.1. The van der Waals surface area contributed by atoms with Gasteiger partial charge >= 0.3 is 5.97 Å². The van der Waals surface area contributed by atoms with Crippen LogP contribution < -0.4 is 0 Å². The SMILES string of the molecule is C[C@@H](c1ccc(-c2cnn(C)c2C(=O)O)cc1)N1CCOCC1. The molecule has 2 heterocycles. The van der Waals surface area contributed by atoms with E-state index in [4.69, 9.17) is 4.74 Å².